The van der Waals surface area contributed by atoms with E-state index in [4.69, 9.17) is 0 Å². The second kappa shape index (κ2) is 6.42. The molecule has 0 aromatic heterocycles. The Morgan fingerprint density at radius 2 is 1.76 bits per heavy atom. The summed E-state index contributed by atoms with van der Waals surface area (Å²) in [5.74, 6) is -0.451. The van der Waals surface area contributed by atoms with Crippen LogP contribution in [0.1, 0.15) is 20.8 Å². The third-order valence-corrected chi connectivity index (χ3v) is 1.96. The standard InChI is InChI=1S/C12H15N3O2/c1-9(10(2)15-17-11(3)16)13-14-12-7-5-4-6-8-12/h4-8,14H,1-3H3/b13-9-,15-10+. The Balaban J connectivity index is 2.60. The minimum atomic E-state index is -0.451. The van der Waals surface area contributed by atoms with Crippen molar-refractivity contribution in [2.75, 3.05) is 5.43 Å². The summed E-state index contributed by atoms with van der Waals surface area (Å²) >= 11 is 0. The van der Waals surface area contributed by atoms with Crippen LogP contribution in [-0.2, 0) is 9.63 Å². The van der Waals surface area contributed by atoms with Crippen LogP contribution in [0.3, 0.4) is 0 Å². The summed E-state index contributed by atoms with van der Waals surface area (Å²) < 4.78 is 0. The van der Waals surface area contributed by atoms with Crippen LogP contribution in [0.4, 0.5) is 5.69 Å². The van der Waals surface area contributed by atoms with E-state index in [2.05, 4.69) is 20.5 Å². The SMILES string of the molecule is CC(=O)O/N=C(C)/C(C)=N\Nc1ccccc1. The Labute approximate surface area is 100 Å². The summed E-state index contributed by atoms with van der Waals surface area (Å²) in [7, 11) is 0. The average molecular weight is 233 g/mol. The molecular weight excluding hydrogens is 218 g/mol. The summed E-state index contributed by atoms with van der Waals surface area (Å²) in [6, 6.07) is 9.54. The normalized spacial score (nSPS) is 12.2. The Morgan fingerprint density at radius 1 is 1.12 bits per heavy atom. The van der Waals surface area contributed by atoms with E-state index in [1.54, 1.807) is 13.8 Å². The van der Waals surface area contributed by atoms with Crippen LogP contribution < -0.4 is 5.43 Å². The smallest absolute Gasteiger partial charge is 0.318 e. The molecule has 0 amide bonds. The highest BCUT2D eigenvalue weighted by Crippen LogP contribution is 2.04. The number of nitrogens with one attached hydrogen (secondary N) is 1. The molecule has 0 spiro atoms. The highest BCUT2D eigenvalue weighted by molar-refractivity contribution is 6.40. The molecule has 1 aromatic carbocycles. The maximum Gasteiger partial charge on any atom is 0.331 e. The van der Waals surface area contributed by atoms with E-state index in [9.17, 15) is 4.79 Å². The van der Waals surface area contributed by atoms with Crippen molar-refractivity contribution >= 4 is 23.1 Å². The zero-order chi connectivity index (χ0) is 12.7. The first-order valence-electron chi connectivity index (χ1n) is 5.17. The molecule has 0 aliphatic heterocycles. The van der Waals surface area contributed by atoms with E-state index in [0.29, 0.717) is 11.4 Å². The number of oxime groups is 1. The summed E-state index contributed by atoms with van der Waals surface area (Å²) in [6.07, 6.45) is 0. The zero-order valence-corrected chi connectivity index (χ0v) is 10.1. The van der Waals surface area contributed by atoms with E-state index in [-0.39, 0.29) is 0 Å². The van der Waals surface area contributed by atoms with E-state index in [0.717, 1.165) is 5.69 Å². The van der Waals surface area contributed by atoms with Crippen molar-refractivity contribution in [3.8, 4) is 0 Å². The van der Waals surface area contributed by atoms with Crippen molar-refractivity contribution in [3.05, 3.63) is 30.3 Å². The molecule has 0 atom stereocenters. The minimum absolute atomic E-state index is 0.451. The maximum absolute atomic E-state index is 10.6. The Kier molecular flexibility index (Phi) is 4.87. The topological polar surface area (TPSA) is 63.0 Å². The zero-order valence-electron chi connectivity index (χ0n) is 10.1. The molecule has 0 saturated carbocycles. The van der Waals surface area contributed by atoms with Gasteiger partial charge in [-0.3, -0.25) is 5.43 Å². The van der Waals surface area contributed by atoms with Crippen LogP contribution >= 0.6 is 0 Å². The fourth-order valence-electron chi connectivity index (χ4n) is 0.941. The number of anilines is 1. The van der Waals surface area contributed by atoms with Crippen LogP contribution in [0.25, 0.3) is 0 Å². The molecule has 5 nitrogen and oxygen atoms in total. The average Bonchev–Trinajstić information content (AvgIpc) is 2.34. The third kappa shape index (κ3) is 4.92. The first-order chi connectivity index (χ1) is 8.09. The number of hydrogen-bond acceptors (Lipinski definition) is 5. The molecule has 1 aromatic rings. The van der Waals surface area contributed by atoms with Crippen LogP contribution in [0.15, 0.2) is 40.6 Å². The van der Waals surface area contributed by atoms with E-state index >= 15 is 0 Å². The first kappa shape index (κ1) is 12.9. The fourth-order valence-corrected chi connectivity index (χ4v) is 0.941. The van der Waals surface area contributed by atoms with Gasteiger partial charge in [-0.1, -0.05) is 23.4 Å². The molecule has 90 valence electrons. The van der Waals surface area contributed by atoms with Gasteiger partial charge in [-0.15, -0.1) is 0 Å². The lowest BCUT2D eigenvalue weighted by Gasteiger charge is -2.02. The maximum atomic E-state index is 10.6. The van der Waals surface area contributed by atoms with Crippen molar-refractivity contribution < 1.29 is 9.63 Å². The highest BCUT2D eigenvalue weighted by atomic mass is 16.7. The van der Waals surface area contributed by atoms with E-state index in [1.165, 1.54) is 6.92 Å². The molecule has 1 N–H and O–H groups in total. The molecule has 0 bridgehead atoms. The van der Waals surface area contributed by atoms with Crippen LogP contribution in [0.5, 0.6) is 0 Å². The van der Waals surface area contributed by atoms with Gasteiger partial charge in [0, 0.05) is 6.92 Å². The van der Waals surface area contributed by atoms with Crippen molar-refractivity contribution in [2.45, 2.75) is 20.8 Å². The number of hydrazone groups is 1. The first-order valence-corrected chi connectivity index (χ1v) is 5.17. The monoisotopic (exact) mass is 233 g/mol. The molecule has 17 heavy (non-hydrogen) atoms. The van der Waals surface area contributed by atoms with Crippen molar-refractivity contribution in [1.29, 1.82) is 0 Å². The lowest BCUT2D eigenvalue weighted by molar-refractivity contribution is -0.140. The van der Waals surface area contributed by atoms with Crippen LogP contribution in [0.2, 0.25) is 0 Å². The minimum Gasteiger partial charge on any atom is -0.318 e. The number of carbonyl (C=O) groups is 1. The van der Waals surface area contributed by atoms with Gasteiger partial charge in [-0.25, -0.2) is 4.79 Å². The van der Waals surface area contributed by atoms with Gasteiger partial charge in [0.25, 0.3) is 0 Å². The molecule has 0 unspecified atom stereocenters. The Morgan fingerprint density at radius 3 is 2.35 bits per heavy atom. The lowest BCUT2D eigenvalue weighted by atomic mass is 10.3. The van der Waals surface area contributed by atoms with Crippen molar-refractivity contribution in [3.63, 3.8) is 0 Å². The predicted octanol–water partition coefficient (Wildman–Crippen LogP) is 2.41. The largest absolute Gasteiger partial charge is 0.331 e. The molecule has 0 aliphatic carbocycles. The van der Waals surface area contributed by atoms with E-state index < -0.39 is 5.97 Å². The van der Waals surface area contributed by atoms with Gasteiger partial charge in [0.05, 0.1) is 11.4 Å². The van der Waals surface area contributed by atoms with E-state index in [1.807, 2.05) is 30.3 Å². The number of benzene rings is 1. The lowest BCUT2D eigenvalue weighted by Crippen LogP contribution is -2.09. The van der Waals surface area contributed by atoms with Crippen LogP contribution in [-0.4, -0.2) is 17.4 Å². The number of nitrogens with zero attached hydrogens (tertiary/aromatic N) is 2. The fraction of sp³-hybridized carbons (Fsp3) is 0.250. The summed E-state index contributed by atoms with van der Waals surface area (Å²) in [6.45, 7) is 4.79. The van der Waals surface area contributed by atoms with Gasteiger partial charge in [-0.2, -0.15) is 5.10 Å². The summed E-state index contributed by atoms with van der Waals surface area (Å²) in [4.78, 5) is 15.1. The number of para-hydroxylation sites is 1. The Hall–Kier alpha value is -2.17. The van der Waals surface area contributed by atoms with Gasteiger partial charge >= 0.3 is 5.97 Å². The van der Waals surface area contributed by atoms with Gasteiger partial charge < -0.3 is 4.84 Å². The number of rotatable bonds is 4. The van der Waals surface area contributed by atoms with Gasteiger partial charge in [0.2, 0.25) is 0 Å². The third-order valence-electron chi connectivity index (χ3n) is 1.96. The highest BCUT2D eigenvalue weighted by Gasteiger charge is 1.99. The second-order valence-electron chi connectivity index (χ2n) is 3.43. The summed E-state index contributed by atoms with van der Waals surface area (Å²) in [5.41, 5.74) is 4.95. The van der Waals surface area contributed by atoms with Gasteiger partial charge in [-0.05, 0) is 26.0 Å². The molecular formula is C12H15N3O2. The molecule has 5 heteroatoms. The molecule has 0 saturated heterocycles. The predicted molar refractivity (Wildman–Crippen MR) is 68.0 cm³/mol. The van der Waals surface area contributed by atoms with Gasteiger partial charge in [0.15, 0.2) is 0 Å². The van der Waals surface area contributed by atoms with Gasteiger partial charge in [0.1, 0.15) is 5.71 Å². The molecule has 0 aliphatic rings. The second-order valence-corrected chi connectivity index (χ2v) is 3.43. The molecule has 0 fully saturated rings. The van der Waals surface area contributed by atoms with Crippen molar-refractivity contribution in [1.82, 2.24) is 0 Å². The van der Waals surface area contributed by atoms with Crippen molar-refractivity contribution in [2.24, 2.45) is 10.3 Å². The van der Waals surface area contributed by atoms with Crippen LogP contribution in [0, 0.1) is 0 Å². The number of carbonyl (C=O) groups excluding carboxylic acids is 1. The summed E-state index contributed by atoms with van der Waals surface area (Å²) in [5, 5.41) is 7.75. The molecule has 0 heterocycles. The Bertz CT molecular complexity index is 438. The number of hydrogen-bond donors (Lipinski definition) is 1. The quantitative estimate of drug-likeness (QED) is 0.493. The molecule has 1 rings (SSSR count). The molecule has 0 radical (unpaired) electrons.